The lowest BCUT2D eigenvalue weighted by Crippen LogP contribution is -2.09. The normalized spacial score (nSPS) is 7.50. The molecule has 0 amide bonds. The highest BCUT2D eigenvalue weighted by Crippen LogP contribution is 1.75. The maximum Gasteiger partial charge on any atom is 0.414 e. The van der Waals surface area contributed by atoms with Crippen molar-refractivity contribution in [1.29, 1.82) is 0 Å². The number of hydrogen-bond acceptors (Lipinski definition) is 6. The molecule has 0 rings (SSSR count). The smallest absolute Gasteiger partial charge is 0.414 e. The third-order valence-corrected chi connectivity index (χ3v) is 1.09. The first-order valence-corrected chi connectivity index (χ1v) is 5.31. The van der Waals surface area contributed by atoms with Gasteiger partial charge in [0.05, 0.1) is 13.2 Å². The van der Waals surface area contributed by atoms with Gasteiger partial charge in [-0.3, -0.25) is 0 Å². The summed E-state index contributed by atoms with van der Waals surface area (Å²) in [5.74, 6) is -4.37. The highest BCUT2D eigenvalue weighted by Gasteiger charge is 2.04. The molecule has 0 aliphatic rings. The van der Waals surface area contributed by atoms with Crippen molar-refractivity contribution in [3.05, 3.63) is 25.3 Å². The lowest BCUT2D eigenvalue weighted by atomic mass is 10.6. The molecule has 0 spiro atoms. The Hall–Kier alpha value is -2.64. The number of carboxylic acids is 2. The van der Waals surface area contributed by atoms with Crippen molar-refractivity contribution in [2.75, 3.05) is 13.2 Å². The van der Waals surface area contributed by atoms with Gasteiger partial charge in [0.2, 0.25) is 0 Å². The van der Waals surface area contributed by atoms with E-state index < -0.39 is 11.9 Å². The lowest BCUT2D eigenvalue weighted by molar-refractivity contribution is -0.159. The van der Waals surface area contributed by atoms with Crippen LogP contribution in [-0.2, 0) is 28.7 Å². The molecule has 0 aliphatic carbocycles. The summed E-state index contributed by atoms with van der Waals surface area (Å²) in [6.07, 6.45) is 2.28. The molecule has 0 heterocycles. The van der Waals surface area contributed by atoms with E-state index in [9.17, 15) is 9.59 Å². The van der Waals surface area contributed by atoms with Crippen LogP contribution >= 0.6 is 0 Å². The van der Waals surface area contributed by atoms with Gasteiger partial charge in [-0.2, -0.15) is 0 Å². The molecule has 114 valence electrons. The first-order valence-electron chi connectivity index (χ1n) is 5.31. The molecular weight excluding hydrogens is 272 g/mol. The van der Waals surface area contributed by atoms with Crippen LogP contribution in [0.2, 0.25) is 0 Å². The van der Waals surface area contributed by atoms with Crippen molar-refractivity contribution >= 4 is 23.9 Å². The molecular formula is C12H18O8. The molecule has 0 saturated carbocycles. The Balaban J connectivity index is -0.000000218. The van der Waals surface area contributed by atoms with Crippen molar-refractivity contribution in [3.63, 3.8) is 0 Å². The molecule has 2 N–H and O–H groups in total. The van der Waals surface area contributed by atoms with E-state index in [0.29, 0.717) is 13.2 Å². The molecule has 0 radical (unpaired) electrons. The Morgan fingerprint density at radius 2 is 1.10 bits per heavy atom. The van der Waals surface area contributed by atoms with Crippen LogP contribution in [0.1, 0.15) is 13.8 Å². The van der Waals surface area contributed by atoms with Gasteiger partial charge in [0, 0.05) is 12.2 Å². The fourth-order valence-electron chi connectivity index (χ4n) is 0.402. The number of aliphatic carboxylic acids is 2. The summed E-state index contributed by atoms with van der Waals surface area (Å²) in [6.45, 7) is 10.8. The van der Waals surface area contributed by atoms with E-state index in [1.54, 1.807) is 13.8 Å². The van der Waals surface area contributed by atoms with Gasteiger partial charge in [-0.05, 0) is 13.8 Å². The minimum Gasteiger partial charge on any atom is -0.473 e. The molecule has 0 aromatic rings. The number of ether oxygens (including phenoxy) is 2. The van der Waals surface area contributed by atoms with Gasteiger partial charge in [0.1, 0.15) is 0 Å². The van der Waals surface area contributed by atoms with Crippen LogP contribution in [0, 0.1) is 0 Å². The summed E-state index contributed by atoms with van der Waals surface area (Å²) in [5.41, 5.74) is 0. The van der Waals surface area contributed by atoms with Gasteiger partial charge in [0.15, 0.2) is 0 Å². The zero-order chi connectivity index (χ0) is 16.6. The van der Waals surface area contributed by atoms with Gasteiger partial charge in [0.25, 0.3) is 0 Å². The van der Waals surface area contributed by atoms with Gasteiger partial charge in [-0.1, -0.05) is 13.2 Å². The Kier molecular flexibility index (Phi) is 18.4. The molecule has 8 heteroatoms. The van der Waals surface area contributed by atoms with Crippen LogP contribution < -0.4 is 0 Å². The van der Waals surface area contributed by atoms with Crippen LogP contribution in [-0.4, -0.2) is 47.3 Å². The van der Waals surface area contributed by atoms with Crippen molar-refractivity contribution in [3.8, 4) is 0 Å². The number of carbonyl (C=O) groups excluding carboxylic acids is 2. The van der Waals surface area contributed by atoms with E-state index in [1.165, 1.54) is 0 Å². The molecule has 0 bridgehead atoms. The van der Waals surface area contributed by atoms with Crippen molar-refractivity contribution in [2.45, 2.75) is 13.8 Å². The molecule has 0 unspecified atom stereocenters. The Morgan fingerprint density at radius 3 is 1.15 bits per heavy atom. The SMILES string of the molecule is C=CC(=O)OCC.C=CC(=O)OCC.O=C(O)C(=O)O. The van der Waals surface area contributed by atoms with Crippen LogP contribution in [0.5, 0.6) is 0 Å². The summed E-state index contributed by atoms with van der Waals surface area (Å²) in [5, 5.41) is 14.8. The van der Waals surface area contributed by atoms with E-state index in [1.807, 2.05) is 0 Å². The highest BCUT2D eigenvalue weighted by molar-refractivity contribution is 6.27. The fourth-order valence-corrected chi connectivity index (χ4v) is 0.402. The van der Waals surface area contributed by atoms with Crippen LogP contribution in [0.25, 0.3) is 0 Å². The Bertz CT molecular complexity index is 311. The molecule has 0 aromatic heterocycles. The van der Waals surface area contributed by atoms with Crippen LogP contribution in [0.3, 0.4) is 0 Å². The molecule has 0 saturated heterocycles. The number of carbonyl (C=O) groups is 4. The van der Waals surface area contributed by atoms with E-state index in [-0.39, 0.29) is 11.9 Å². The molecule has 0 fully saturated rings. The second-order valence-corrected chi connectivity index (χ2v) is 2.52. The minimum atomic E-state index is -1.82. The van der Waals surface area contributed by atoms with Gasteiger partial charge in [-0.15, -0.1) is 0 Å². The number of carboxylic acid groups (broad SMARTS) is 2. The largest absolute Gasteiger partial charge is 0.473 e. The predicted molar refractivity (Wildman–Crippen MR) is 68.9 cm³/mol. The van der Waals surface area contributed by atoms with Crippen molar-refractivity contribution in [2.24, 2.45) is 0 Å². The molecule has 20 heavy (non-hydrogen) atoms. The Labute approximate surface area is 116 Å². The Morgan fingerprint density at radius 1 is 0.850 bits per heavy atom. The van der Waals surface area contributed by atoms with Gasteiger partial charge in [-0.25, -0.2) is 19.2 Å². The second-order valence-electron chi connectivity index (χ2n) is 2.52. The predicted octanol–water partition coefficient (Wildman–Crippen LogP) is 0.627. The molecule has 0 aliphatic heterocycles. The average Bonchev–Trinajstić information content (AvgIpc) is 2.40. The maximum atomic E-state index is 10.1. The highest BCUT2D eigenvalue weighted by atomic mass is 16.5. The summed E-state index contributed by atoms with van der Waals surface area (Å²) >= 11 is 0. The first kappa shape index (κ1) is 22.5. The quantitative estimate of drug-likeness (QED) is 0.438. The summed E-state index contributed by atoms with van der Waals surface area (Å²) in [7, 11) is 0. The number of rotatable bonds is 4. The van der Waals surface area contributed by atoms with Crippen LogP contribution in [0.4, 0.5) is 0 Å². The number of esters is 2. The molecule has 0 aromatic carbocycles. The second kappa shape index (κ2) is 16.4. The molecule has 8 nitrogen and oxygen atoms in total. The summed E-state index contributed by atoms with van der Waals surface area (Å²) < 4.78 is 8.87. The van der Waals surface area contributed by atoms with Crippen molar-refractivity contribution in [1.82, 2.24) is 0 Å². The number of hydrogen-bond donors (Lipinski definition) is 2. The first-order chi connectivity index (χ1) is 9.26. The van der Waals surface area contributed by atoms with Crippen LogP contribution in [0.15, 0.2) is 25.3 Å². The summed E-state index contributed by atoms with van der Waals surface area (Å²) in [4.78, 5) is 38.3. The summed E-state index contributed by atoms with van der Waals surface area (Å²) in [6, 6.07) is 0. The van der Waals surface area contributed by atoms with Gasteiger partial charge >= 0.3 is 23.9 Å². The zero-order valence-corrected chi connectivity index (χ0v) is 11.3. The third-order valence-electron chi connectivity index (χ3n) is 1.09. The minimum absolute atomic E-state index is 0.359. The average molecular weight is 290 g/mol. The van der Waals surface area contributed by atoms with E-state index >= 15 is 0 Å². The van der Waals surface area contributed by atoms with Crippen molar-refractivity contribution < 1.29 is 38.9 Å². The van der Waals surface area contributed by atoms with E-state index in [4.69, 9.17) is 19.8 Å². The monoisotopic (exact) mass is 290 g/mol. The standard InChI is InChI=1S/2C5H8O2.C2H2O4/c2*1-3-5(6)7-4-2;3-1(4)2(5)6/h2*3H,1,4H2,2H3;(H,3,4)(H,5,6). The van der Waals surface area contributed by atoms with E-state index in [2.05, 4.69) is 22.6 Å². The van der Waals surface area contributed by atoms with E-state index in [0.717, 1.165) is 12.2 Å². The topological polar surface area (TPSA) is 127 Å². The van der Waals surface area contributed by atoms with Gasteiger partial charge < -0.3 is 19.7 Å². The molecule has 0 atom stereocenters. The maximum absolute atomic E-state index is 10.1. The fraction of sp³-hybridized carbons (Fsp3) is 0.333. The lowest BCUT2D eigenvalue weighted by Gasteiger charge is -1.90. The third kappa shape index (κ3) is 24.5. The zero-order valence-electron chi connectivity index (χ0n) is 11.3.